The van der Waals surface area contributed by atoms with Crippen LogP contribution < -0.4 is 10.6 Å². The maximum absolute atomic E-state index is 12.0. The molecule has 0 aromatic heterocycles. The quantitative estimate of drug-likeness (QED) is 0.760. The number of nitrogens with two attached hydrogens (primary N) is 1. The Kier molecular flexibility index (Phi) is 7.02. The fourth-order valence-corrected chi connectivity index (χ4v) is 3.50. The Balaban J connectivity index is 2.87. The Morgan fingerprint density at radius 2 is 1.70 bits per heavy atom. The minimum absolute atomic E-state index is 0.207. The van der Waals surface area contributed by atoms with Gasteiger partial charge in [-0.05, 0) is 50.1 Å². The molecule has 1 aromatic carbocycles. The molecular formula is C15H26N2O2S. The van der Waals surface area contributed by atoms with E-state index in [1.807, 2.05) is 19.1 Å². The zero-order valence-electron chi connectivity index (χ0n) is 12.5. The Bertz CT molecular complexity index is 483. The lowest BCUT2D eigenvalue weighted by Gasteiger charge is -2.24. The molecule has 0 amide bonds. The van der Waals surface area contributed by atoms with Crippen LogP contribution in [0.4, 0.5) is 5.69 Å². The zero-order valence-corrected chi connectivity index (χ0v) is 13.3. The van der Waals surface area contributed by atoms with Crippen molar-refractivity contribution in [2.75, 3.05) is 30.3 Å². The van der Waals surface area contributed by atoms with Gasteiger partial charge < -0.3 is 10.6 Å². The fraction of sp³-hybridized carbons (Fsp3) is 0.600. The van der Waals surface area contributed by atoms with Crippen molar-refractivity contribution in [2.45, 2.75) is 38.0 Å². The standard InChI is InChI=1S/C15H26N2O2S/c1-3-11-17(12-5-10-16)14-6-8-15(9-7-14)20(18,19)13-4-2/h6-9H,3-5,10-13,16H2,1-2H3. The molecule has 0 fully saturated rings. The van der Waals surface area contributed by atoms with E-state index in [1.54, 1.807) is 12.1 Å². The van der Waals surface area contributed by atoms with Crippen molar-refractivity contribution in [3.8, 4) is 0 Å². The summed E-state index contributed by atoms with van der Waals surface area (Å²) in [5, 5.41) is 0. The monoisotopic (exact) mass is 298 g/mol. The molecule has 1 aromatic rings. The minimum atomic E-state index is -3.12. The number of nitrogens with zero attached hydrogens (tertiary/aromatic N) is 1. The second kappa shape index (κ2) is 8.27. The van der Waals surface area contributed by atoms with Gasteiger partial charge in [-0.15, -0.1) is 0 Å². The second-order valence-corrected chi connectivity index (χ2v) is 7.05. The van der Waals surface area contributed by atoms with Crippen molar-refractivity contribution in [1.82, 2.24) is 0 Å². The third-order valence-electron chi connectivity index (χ3n) is 3.16. The average Bonchev–Trinajstić information content (AvgIpc) is 2.43. The van der Waals surface area contributed by atoms with E-state index in [4.69, 9.17) is 5.73 Å². The molecule has 0 radical (unpaired) electrons. The maximum Gasteiger partial charge on any atom is 0.178 e. The molecule has 0 aliphatic carbocycles. The van der Waals surface area contributed by atoms with Gasteiger partial charge in [0.2, 0.25) is 0 Å². The third kappa shape index (κ3) is 4.80. The van der Waals surface area contributed by atoms with Gasteiger partial charge in [-0.2, -0.15) is 0 Å². The van der Waals surface area contributed by atoms with Crippen molar-refractivity contribution in [1.29, 1.82) is 0 Å². The summed E-state index contributed by atoms with van der Waals surface area (Å²) in [4.78, 5) is 2.67. The SMILES string of the molecule is CCCN(CCCN)c1ccc(S(=O)(=O)CCC)cc1. The van der Waals surface area contributed by atoms with Crippen molar-refractivity contribution in [3.63, 3.8) is 0 Å². The topological polar surface area (TPSA) is 63.4 Å². The van der Waals surface area contributed by atoms with Crippen LogP contribution in [0.25, 0.3) is 0 Å². The van der Waals surface area contributed by atoms with Gasteiger partial charge in [-0.25, -0.2) is 8.42 Å². The van der Waals surface area contributed by atoms with Crippen LogP contribution in [0.2, 0.25) is 0 Å². The molecule has 0 unspecified atom stereocenters. The van der Waals surface area contributed by atoms with Gasteiger partial charge in [-0.3, -0.25) is 0 Å². The number of hydrogen-bond acceptors (Lipinski definition) is 4. The van der Waals surface area contributed by atoms with Crippen LogP contribution in [0.3, 0.4) is 0 Å². The summed E-state index contributed by atoms with van der Waals surface area (Å²) in [6, 6.07) is 7.22. The Morgan fingerprint density at radius 1 is 1.05 bits per heavy atom. The van der Waals surface area contributed by atoms with E-state index in [1.165, 1.54) is 0 Å². The molecule has 0 heterocycles. The number of sulfone groups is 1. The first kappa shape index (κ1) is 17.0. The highest BCUT2D eigenvalue weighted by molar-refractivity contribution is 7.91. The second-order valence-electron chi connectivity index (χ2n) is 4.94. The van der Waals surface area contributed by atoms with Crippen LogP contribution in [0.15, 0.2) is 29.2 Å². The van der Waals surface area contributed by atoms with Crippen LogP contribution in [0.5, 0.6) is 0 Å². The molecule has 0 saturated carbocycles. The Hall–Kier alpha value is -1.07. The van der Waals surface area contributed by atoms with Crippen LogP contribution >= 0.6 is 0 Å². The molecule has 0 aliphatic heterocycles. The maximum atomic E-state index is 12.0. The lowest BCUT2D eigenvalue weighted by Crippen LogP contribution is -2.26. The third-order valence-corrected chi connectivity index (χ3v) is 5.10. The van der Waals surface area contributed by atoms with Crippen molar-refractivity contribution < 1.29 is 8.42 Å². The van der Waals surface area contributed by atoms with Crippen LogP contribution in [0, 0.1) is 0 Å². The number of rotatable bonds is 9. The first-order valence-corrected chi connectivity index (χ1v) is 8.98. The summed E-state index contributed by atoms with van der Waals surface area (Å²) in [7, 11) is -3.12. The fourth-order valence-electron chi connectivity index (χ4n) is 2.17. The largest absolute Gasteiger partial charge is 0.371 e. The van der Waals surface area contributed by atoms with E-state index in [-0.39, 0.29) is 5.75 Å². The first-order valence-electron chi connectivity index (χ1n) is 7.33. The van der Waals surface area contributed by atoms with Crippen LogP contribution in [0.1, 0.15) is 33.1 Å². The van der Waals surface area contributed by atoms with Gasteiger partial charge in [0.25, 0.3) is 0 Å². The number of hydrogen-bond donors (Lipinski definition) is 1. The summed E-state index contributed by atoms with van der Waals surface area (Å²) in [5.74, 6) is 0.207. The lowest BCUT2D eigenvalue weighted by atomic mass is 10.2. The van der Waals surface area contributed by atoms with Crippen molar-refractivity contribution in [3.05, 3.63) is 24.3 Å². The van der Waals surface area contributed by atoms with Gasteiger partial charge in [-0.1, -0.05) is 13.8 Å². The Labute approximate surface area is 122 Å². The molecule has 0 spiro atoms. The highest BCUT2D eigenvalue weighted by atomic mass is 32.2. The summed E-state index contributed by atoms with van der Waals surface area (Å²) >= 11 is 0. The Morgan fingerprint density at radius 3 is 2.20 bits per heavy atom. The van der Waals surface area contributed by atoms with Gasteiger partial charge in [0, 0.05) is 18.8 Å². The molecule has 20 heavy (non-hydrogen) atoms. The number of anilines is 1. The number of benzene rings is 1. The van der Waals surface area contributed by atoms with E-state index in [9.17, 15) is 8.42 Å². The van der Waals surface area contributed by atoms with Crippen LogP contribution in [-0.2, 0) is 9.84 Å². The predicted molar refractivity (Wildman–Crippen MR) is 85.0 cm³/mol. The molecule has 0 aliphatic rings. The average molecular weight is 298 g/mol. The van der Waals surface area contributed by atoms with E-state index in [2.05, 4.69) is 11.8 Å². The molecule has 0 bridgehead atoms. The highest BCUT2D eigenvalue weighted by Crippen LogP contribution is 2.19. The van der Waals surface area contributed by atoms with Crippen LogP contribution in [-0.4, -0.2) is 33.8 Å². The van der Waals surface area contributed by atoms with Gasteiger partial charge >= 0.3 is 0 Å². The van der Waals surface area contributed by atoms with Gasteiger partial charge in [0.1, 0.15) is 0 Å². The van der Waals surface area contributed by atoms with Gasteiger partial charge in [0.05, 0.1) is 10.6 Å². The normalized spacial score (nSPS) is 11.6. The smallest absolute Gasteiger partial charge is 0.178 e. The molecule has 1 rings (SSSR count). The summed E-state index contributed by atoms with van der Waals surface area (Å²) < 4.78 is 24.0. The van der Waals surface area contributed by atoms with E-state index in [0.29, 0.717) is 17.9 Å². The predicted octanol–water partition coefficient (Wildman–Crippen LogP) is 2.44. The minimum Gasteiger partial charge on any atom is -0.371 e. The zero-order chi connectivity index (χ0) is 15.0. The molecule has 2 N–H and O–H groups in total. The molecular weight excluding hydrogens is 272 g/mol. The van der Waals surface area contributed by atoms with E-state index in [0.717, 1.165) is 31.6 Å². The summed E-state index contributed by atoms with van der Waals surface area (Å²) in [6.07, 6.45) is 2.64. The molecule has 0 atom stereocenters. The summed E-state index contributed by atoms with van der Waals surface area (Å²) in [5.41, 5.74) is 6.63. The molecule has 0 saturated heterocycles. The van der Waals surface area contributed by atoms with E-state index >= 15 is 0 Å². The van der Waals surface area contributed by atoms with Gasteiger partial charge in [0.15, 0.2) is 9.84 Å². The first-order chi connectivity index (χ1) is 9.55. The van der Waals surface area contributed by atoms with E-state index < -0.39 is 9.84 Å². The molecule has 114 valence electrons. The van der Waals surface area contributed by atoms with Crippen molar-refractivity contribution in [2.24, 2.45) is 5.73 Å². The van der Waals surface area contributed by atoms with Crippen molar-refractivity contribution >= 4 is 15.5 Å². The highest BCUT2D eigenvalue weighted by Gasteiger charge is 2.13. The molecule has 5 heteroatoms. The lowest BCUT2D eigenvalue weighted by molar-refractivity contribution is 0.594. The molecule has 4 nitrogen and oxygen atoms in total. The summed E-state index contributed by atoms with van der Waals surface area (Å²) in [6.45, 7) is 6.55.